The number of sulfonamides is 1. The Morgan fingerprint density at radius 1 is 1.07 bits per heavy atom. The number of nitrogens with one attached hydrogen (secondary N) is 1. The number of amides is 1. The lowest BCUT2D eigenvalue weighted by molar-refractivity contribution is 0.0950. The van der Waals surface area contributed by atoms with Gasteiger partial charge in [-0.15, -0.1) is 0 Å². The molecule has 0 bridgehead atoms. The standard InChI is InChI=1S/C20H25FN2O5S/c1-5-23(6-2)29(25,26)19-12-14(7-9-17(19)21)20(24)22-13-15-11-16(27-3)8-10-18(15)28-4/h7-12H,5-6,13H2,1-4H3,(H,22,24). The van der Waals surface area contributed by atoms with Crippen molar-refractivity contribution in [2.75, 3.05) is 27.3 Å². The molecule has 0 fully saturated rings. The average molecular weight is 424 g/mol. The summed E-state index contributed by atoms with van der Waals surface area (Å²) in [6, 6.07) is 8.45. The molecule has 1 N–H and O–H groups in total. The van der Waals surface area contributed by atoms with Crippen LogP contribution in [0.2, 0.25) is 0 Å². The predicted octanol–water partition coefficient (Wildman–Crippen LogP) is 2.80. The number of carbonyl (C=O) groups is 1. The van der Waals surface area contributed by atoms with Crippen molar-refractivity contribution in [3.05, 3.63) is 53.3 Å². The predicted molar refractivity (Wildman–Crippen MR) is 107 cm³/mol. The molecule has 7 nitrogen and oxygen atoms in total. The maximum atomic E-state index is 14.2. The zero-order valence-electron chi connectivity index (χ0n) is 16.9. The molecule has 0 unspecified atom stereocenters. The second-order valence-electron chi connectivity index (χ2n) is 6.09. The van der Waals surface area contributed by atoms with E-state index in [1.54, 1.807) is 32.0 Å². The van der Waals surface area contributed by atoms with Crippen LogP contribution in [0, 0.1) is 5.82 Å². The summed E-state index contributed by atoms with van der Waals surface area (Å²) in [6.07, 6.45) is 0. The molecule has 1 amide bonds. The summed E-state index contributed by atoms with van der Waals surface area (Å²) < 4.78 is 51.1. The number of methoxy groups -OCH3 is 2. The fourth-order valence-corrected chi connectivity index (χ4v) is 4.39. The van der Waals surface area contributed by atoms with Crippen LogP contribution in [0.15, 0.2) is 41.3 Å². The summed E-state index contributed by atoms with van der Waals surface area (Å²) in [5.74, 6) is -0.270. The highest BCUT2D eigenvalue weighted by Crippen LogP contribution is 2.24. The SMILES string of the molecule is CCN(CC)S(=O)(=O)c1cc(C(=O)NCc2cc(OC)ccc2OC)ccc1F. The Balaban J connectivity index is 2.27. The summed E-state index contributed by atoms with van der Waals surface area (Å²) >= 11 is 0. The van der Waals surface area contributed by atoms with Gasteiger partial charge in [-0.3, -0.25) is 4.79 Å². The molecule has 0 aromatic heterocycles. The van der Waals surface area contributed by atoms with Crippen LogP contribution < -0.4 is 14.8 Å². The van der Waals surface area contributed by atoms with Crippen molar-refractivity contribution < 1.29 is 27.1 Å². The van der Waals surface area contributed by atoms with Crippen molar-refractivity contribution in [2.24, 2.45) is 0 Å². The van der Waals surface area contributed by atoms with Crippen molar-refractivity contribution >= 4 is 15.9 Å². The minimum atomic E-state index is -4.03. The Bertz CT molecular complexity index is 975. The topological polar surface area (TPSA) is 84.9 Å². The van der Waals surface area contributed by atoms with Crippen molar-refractivity contribution in [1.82, 2.24) is 9.62 Å². The minimum absolute atomic E-state index is 0.0407. The second-order valence-corrected chi connectivity index (χ2v) is 8.00. The van der Waals surface area contributed by atoms with E-state index in [9.17, 15) is 17.6 Å². The van der Waals surface area contributed by atoms with Gasteiger partial charge in [0.1, 0.15) is 22.2 Å². The lowest BCUT2D eigenvalue weighted by Crippen LogP contribution is -2.31. The Morgan fingerprint density at radius 3 is 2.34 bits per heavy atom. The van der Waals surface area contributed by atoms with Crippen LogP contribution in [0.25, 0.3) is 0 Å². The van der Waals surface area contributed by atoms with E-state index < -0.39 is 26.6 Å². The molecule has 158 valence electrons. The third-order valence-electron chi connectivity index (χ3n) is 4.44. The fourth-order valence-electron chi connectivity index (χ4n) is 2.84. The van der Waals surface area contributed by atoms with Gasteiger partial charge >= 0.3 is 0 Å². The lowest BCUT2D eigenvalue weighted by Gasteiger charge is -2.19. The highest BCUT2D eigenvalue weighted by Gasteiger charge is 2.26. The maximum Gasteiger partial charge on any atom is 0.251 e. The summed E-state index contributed by atoms with van der Waals surface area (Å²) in [4.78, 5) is 12.0. The normalized spacial score (nSPS) is 11.4. The third-order valence-corrected chi connectivity index (χ3v) is 6.51. The number of nitrogens with zero attached hydrogens (tertiary/aromatic N) is 1. The quantitative estimate of drug-likeness (QED) is 0.669. The van der Waals surface area contributed by atoms with Gasteiger partial charge in [0.05, 0.1) is 14.2 Å². The molecule has 0 saturated carbocycles. The largest absolute Gasteiger partial charge is 0.497 e. The van der Waals surface area contributed by atoms with Crippen LogP contribution in [0.5, 0.6) is 11.5 Å². The van der Waals surface area contributed by atoms with Gasteiger partial charge in [-0.2, -0.15) is 4.31 Å². The molecule has 2 aromatic carbocycles. The number of hydrogen-bond donors (Lipinski definition) is 1. The summed E-state index contributed by atoms with van der Waals surface area (Å²) in [5.41, 5.74) is 0.720. The van der Waals surface area contributed by atoms with Gasteiger partial charge in [-0.05, 0) is 36.4 Å². The van der Waals surface area contributed by atoms with Crippen LogP contribution in [0.4, 0.5) is 4.39 Å². The van der Waals surface area contributed by atoms with Gasteiger partial charge in [0.2, 0.25) is 10.0 Å². The van der Waals surface area contributed by atoms with Crippen molar-refractivity contribution in [2.45, 2.75) is 25.3 Å². The molecule has 0 saturated heterocycles. The minimum Gasteiger partial charge on any atom is -0.497 e. The zero-order chi connectivity index (χ0) is 21.6. The highest BCUT2D eigenvalue weighted by atomic mass is 32.2. The van der Waals surface area contributed by atoms with Crippen LogP contribution in [-0.2, 0) is 16.6 Å². The van der Waals surface area contributed by atoms with E-state index in [1.807, 2.05) is 0 Å². The number of halogens is 1. The molecule has 29 heavy (non-hydrogen) atoms. The first-order valence-electron chi connectivity index (χ1n) is 9.07. The molecule has 0 aliphatic carbocycles. The van der Waals surface area contributed by atoms with Crippen LogP contribution in [0.3, 0.4) is 0 Å². The van der Waals surface area contributed by atoms with E-state index in [1.165, 1.54) is 20.3 Å². The molecule has 0 atom stereocenters. The van der Waals surface area contributed by atoms with Gasteiger partial charge in [0.15, 0.2) is 0 Å². The van der Waals surface area contributed by atoms with E-state index in [4.69, 9.17) is 9.47 Å². The average Bonchev–Trinajstić information content (AvgIpc) is 2.72. The molecule has 0 heterocycles. The molecular formula is C20H25FN2O5S. The van der Waals surface area contributed by atoms with Crippen molar-refractivity contribution in [3.63, 3.8) is 0 Å². The van der Waals surface area contributed by atoms with Gasteiger partial charge < -0.3 is 14.8 Å². The Morgan fingerprint density at radius 2 is 1.76 bits per heavy atom. The first kappa shape index (κ1) is 22.6. The number of rotatable bonds is 9. The van der Waals surface area contributed by atoms with Gasteiger partial charge in [0.25, 0.3) is 5.91 Å². The Hall–Kier alpha value is -2.65. The molecule has 0 spiro atoms. The fraction of sp³-hybridized carbons (Fsp3) is 0.350. The lowest BCUT2D eigenvalue weighted by atomic mass is 10.1. The van der Waals surface area contributed by atoms with Crippen molar-refractivity contribution in [3.8, 4) is 11.5 Å². The summed E-state index contributed by atoms with van der Waals surface area (Å²) in [5, 5.41) is 2.69. The van der Waals surface area contributed by atoms with Gasteiger partial charge in [-0.1, -0.05) is 13.8 Å². The molecule has 0 radical (unpaired) electrons. The summed E-state index contributed by atoms with van der Waals surface area (Å²) in [7, 11) is -0.993. The third kappa shape index (κ3) is 5.04. The number of ether oxygens (including phenoxy) is 2. The highest BCUT2D eigenvalue weighted by molar-refractivity contribution is 7.89. The van der Waals surface area contributed by atoms with Crippen LogP contribution in [0.1, 0.15) is 29.8 Å². The van der Waals surface area contributed by atoms with Crippen molar-refractivity contribution in [1.29, 1.82) is 0 Å². The second kappa shape index (κ2) is 9.71. The Labute approximate surface area is 170 Å². The van der Waals surface area contributed by atoms with Gasteiger partial charge in [-0.25, -0.2) is 12.8 Å². The molecule has 2 rings (SSSR count). The maximum absolute atomic E-state index is 14.2. The van der Waals surface area contributed by atoms with E-state index >= 15 is 0 Å². The number of hydrogen-bond acceptors (Lipinski definition) is 5. The first-order chi connectivity index (χ1) is 13.8. The molecule has 9 heteroatoms. The first-order valence-corrected chi connectivity index (χ1v) is 10.5. The number of benzene rings is 2. The zero-order valence-corrected chi connectivity index (χ0v) is 17.7. The van der Waals surface area contributed by atoms with Crippen LogP contribution in [-0.4, -0.2) is 45.9 Å². The summed E-state index contributed by atoms with van der Waals surface area (Å²) in [6.45, 7) is 3.84. The molecular weight excluding hydrogens is 399 g/mol. The molecule has 0 aliphatic heterocycles. The van der Waals surface area contributed by atoms with E-state index in [0.717, 1.165) is 16.4 Å². The van der Waals surface area contributed by atoms with Crippen LogP contribution >= 0.6 is 0 Å². The molecule has 2 aromatic rings. The monoisotopic (exact) mass is 424 g/mol. The van der Waals surface area contributed by atoms with E-state index in [2.05, 4.69) is 5.32 Å². The molecule has 0 aliphatic rings. The van der Waals surface area contributed by atoms with Gasteiger partial charge in [0, 0.05) is 30.8 Å². The Kier molecular flexibility index (Phi) is 7.58. The number of carbonyl (C=O) groups excluding carboxylic acids is 1. The smallest absolute Gasteiger partial charge is 0.251 e. The van der Waals surface area contributed by atoms with E-state index in [0.29, 0.717) is 17.1 Å². The van der Waals surface area contributed by atoms with E-state index in [-0.39, 0.29) is 25.2 Å².